The zero-order chi connectivity index (χ0) is 50.3. The van der Waals surface area contributed by atoms with Gasteiger partial charge in [-0.2, -0.15) is 0 Å². The standard InChI is InChI=1S/C66H70N4O/c1-62(2,3)46-31-32-57-58(38-46)69(43-68(57)50-28-22-27-48(35-50)65(10,11)44-23-16-14-17-24-44)51-36-49(66(12,13)45-25-18-15-19-26-45)37-52(40-51)71-53-41-55(64(7,8)9)61-54-29-20-21-30-56(54)70(59(61)42-53)60-39-47(33-34-67-60)63(4,5)6/h14-42H,43H2,1-13H3. The van der Waals surface area contributed by atoms with E-state index < -0.39 is 0 Å². The minimum absolute atomic E-state index is 0.0396. The molecular weight excluding hydrogens is 865 g/mol. The lowest BCUT2D eigenvalue weighted by Crippen LogP contribution is -2.26. The zero-order valence-corrected chi connectivity index (χ0v) is 44.1. The number of nitrogens with zero attached hydrogens (tertiary/aromatic N) is 4. The van der Waals surface area contributed by atoms with E-state index in [0.717, 1.165) is 39.7 Å². The normalized spacial score (nSPS) is 13.6. The minimum Gasteiger partial charge on any atom is -0.457 e. The van der Waals surface area contributed by atoms with Gasteiger partial charge in [-0.3, -0.25) is 4.57 Å². The van der Waals surface area contributed by atoms with Crippen molar-refractivity contribution in [3.8, 4) is 17.3 Å². The van der Waals surface area contributed by atoms with Crippen LogP contribution in [0.4, 0.5) is 22.7 Å². The second-order valence-electron chi connectivity index (χ2n) is 23.9. The molecule has 5 nitrogen and oxygen atoms in total. The van der Waals surface area contributed by atoms with Gasteiger partial charge in [-0.15, -0.1) is 0 Å². The maximum absolute atomic E-state index is 7.36. The van der Waals surface area contributed by atoms with Crippen molar-refractivity contribution < 1.29 is 4.74 Å². The van der Waals surface area contributed by atoms with E-state index in [-0.39, 0.29) is 27.1 Å². The summed E-state index contributed by atoms with van der Waals surface area (Å²) >= 11 is 0. The number of aromatic nitrogens is 2. The number of hydrogen-bond donors (Lipinski definition) is 0. The highest BCUT2D eigenvalue weighted by atomic mass is 16.5. The third kappa shape index (κ3) is 8.79. The number of pyridine rings is 1. The molecule has 10 rings (SSSR count). The summed E-state index contributed by atoms with van der Waals surface area (Å²) in [6.07, 6.45) is 1.95. The number of para-hydroxylation sites is 1. The lowest BCUT2D eigenvalue weighted by atomic mass is 9.78. The van der Waals surface area contributed by atoms with E-state index in [0.29, 0.717) is 6.67 Å². The monoisotopic (exact) mass is 935 g/mol. The highest BCUT2D eigenvalue weighted by Gasteiger charge is 2.34. The van der Waals surface area contributed by atoms with Crippen LogP contribution in [0.2, 0.25) is 0 Å². The highest BCUT2D eigenvalue weighted by Crippen LogP contribution is 2.50. The van der Waals surface area contributed by atoms with Crippen LogP contribution in [0.5, 0.6) is 11.5 Å². The number of anilines is 4. The smallest absolute Gasteiger partial charge is 0.137 e. The van der Waals surface area contributed by atoms with Crippen molar-refractivity contribution >= 4 is 44.6 Å². The van der Waals surface area contributed by atoms with E-state index in [1.807, 2.05) is 6.20 Å². The number of rotatable bonds is 9. The lowest BCUT2D eigenvalue weighted by molar-refractivity contribution is 0.477. The van der Waals surface area contributed by atoms with Gasteiger partial charge in [0.15, 0.2) is 0 Å². The number of benzene rings is 7. The fourth-order valence-electron chi connectivity index (χ4n) is 10.5. The molecule has 71 heavy (non-hydrogen) atoms. The summed E-state index contributed by atoms with van der Waals surface area (Å²) in [4.78, 5) is 10.0. The molecule has 0 atom stereocenters. The summed E-state index contributed by atoms with van der Waals surface area (Å²) < 4.78 is 9.69. The molecule has 3 heterocycles. The van der Waals surface area contributed by atoms with Crippen LogP contribution in [0.15, 0.2) is 176 Å². The fourth-order valence-corrected chi connectivity index (χ4v) is 10.5. The number of hydrogen-bond acceptors (Lipinski definition) is 4. The maximum Gasteiger partial charge on any atom is 0.137 e. The van der Waals surface area contributed by atoms with Crippen molar-refractivity contribution in [1.82, 2.24) is 9.55 Å². The Morgan fingerprint density at radius 1 is 0.408 bits per heavy atom. The van der Waals surface area contributed by atoms with Gasteiger partial charge >= 0.3 is 0 Å². The van der Waals surface area contributed by atoms with Gasteiger partial charge in [0.1, 0.15) is 24.0 Å². The van der Waals surface area contributed by atoms with Gasteiger partial charge in [-0.05, 0) is 116 Å². The van der Waals surface area contributed by atoms with Gasteiger partial charge in [0.2, 0.25) is 0 Å². The predicted octanol–water partition coefficient (Wildman–Crippen LogP) is 17.8. The molecule has 7 aromatic carbocycles. The Morgan fingerprint density at radius 2 is 0.986 bits per heavy atom. The van der Waals surface area contributed by atoms with Crippen molar-refractivity contribution in [2.24, 2.45) is 0 Å². The second kappa shape index (κ2) is 17.3. The third-order valence-corrected chi connectivity index (χ3v) is 15.1. The molecule has 1 aliphatic heterocycles. The van der Waals surface area contributed by atoms with E-state index in [2.05, 4.69) is 274 Å². The van der Waals surface area contributed by atoms with Gasteiger partial charge in [0.25, 0.3) is 0 Å². The molecule has 0 spiro atoms. The molecule has 0 bridgehead atoms. The van der Waals surface area contributed by atoms with Crippen molar-refractivity contribution in [2.45, 2.75) is 117 Å². The first kappa shape index (κ1) is 47.6. The first-order valence-electron chi connectivity index (χ1n) is 25.4. The first-order valence-corrected chi connectivity index (χ1v) is 25.4. The van der Waals surface area contributed by atoms with Gasteiger partial charge < -0.3 is 14.5 Å². The minimum atomic E-state index is -0.348. The van der Waals surface area contributed by atoms with Gasteiger partial charge in [0.05, 0.1) is 22.4 Å². The van der Waals surface area contributed by atoms with Crippen LogP contribution in [0.1, 0.15) is 129 Å². The van der Waals surface area contributed by atoms with E-state index in [1.54, 1.807) is 0 Å². The largest absolute Gasteiger partial charge is 0.457 e. The number of ether oxygens (including phenoxy) is 1. The van der Waals surface area contributed by atoms with E-state index in [1.165, 1.54) is 61.1 Å². The third-order valence-electron chi connectivity index (χ3n) is 15.1. The Labute approximate surface area is 422 Å². The fraction of sp³-hybridized carbons (Fsp3) is 0.288. The molecule has 360 valence electrons. The highest BCUT2D eigenvalue weighted by molar-refractivity contribution is 6.11. The molecular formula is C66H70N4O. The summed E-state index contributed by atoms with van der Waals surface area (Å²) in [5.74, 6) is 2.47. The molecule has 5 heteroatoms. The van der Waals surface area contributed by atoms with Crippen LogP contribution in [-0.2, 0) is 27.1 Å². The molecule has 0 N–H and O–H groups in total. The van der Waals surface area contributed by atoms with Crippen LogP contribution in [0.3, 0.4) is 0 Å². The van der Waals surface area contributed by atoms with Crippen molar-refractivity contribution in [1.29, 1.82) is 0 Å². The van der Waals surface area contributed by atoms with Gasteiger partial charge in [-0.25, -0.2) is 4.98 Å². The maximum atomic E-state index is 7.36. The molecule has 0 amide bonds. The van der Waals surface area contributed by atoms with Crippen molar-refractivity contribution in [3.05, 3.63) is 215 Å². The molecule has 0 aliphatic carbocycles. The van der Waals surface area contributed by atoms with Crippen LogP contribution >= 0.6 is 0 Å². The van der Waals surface area contributed by atoms with E-state index >= 15 is 0 Å². The Morgan fingerprint density at radius 3 is 1.65 bits per heavy atom. The first-order chi connectivity index (χ1) is 33.6. The Kier molecular flexibility index (Phi) is 11.6. The van der Waals surface area contributed by atoms with Crippen LogP contribution in [0.25, 0.3) is 27.6 Å². The van der Waals surface area contributed by atoms with Gasteiger partial charge in [-0.1, -0.05) is 187 Å². The quantitative estimate of drug-likeness (QED) is 0.144. The average Bonchev–Trinajstić information content (AvgIpc) is 3.89. The summed E-state index contributed by atoms with van der Waals surface area (Å²) in [6.45, 7) is 30.5. The van der Waals surface area contributed by atoms with Crippen molar-refractivity contribution in [3.63, 3.8) is 0 Å². The van der Waals surface area contributed by atoms with E-state index in [4.69, 9.17) is 9.72 Å². The summed E-state index contributed by atoms with van der Waals surface area (Å²) in [6, 6.07) is 62.4. The van der Waals surface area contributed by atoms with Crippen LogP contribution in [0, 0.1) is 0 Å². The Hall–Kier alpha value is -7.11. The van der Waals surface area contributed by atoms with Crippen LogP contribution < -0.4 is 14.5 Å². The Bertz CT molecular complexity index is 3430. The summed E-state index contributed by atoms with van der Waals surface area (Å²) in [7, 11) is 0. The molecule has 0 unspecified atom stereocenters. The SMILES string of the molecule is CC(C)(C)c1ccnc(-n2c3ccccc3c3c(C(C)(C)C)cc(Oc4cc(N5CN(c6cccc(C(C)(C)c7ccccc7)c6)c6ccc(C(C)(C)C)cc65)cc(C(C)(C)c5ccccc5)c4)cc32)c1. The van der Waals surface area contributed by atoms with Crippen LogP contribution in [-0.4, -0.2) is 16.2 Å². The number of fused-ring (bicyclic) bond motifs is 4. The predicted molar refractivity (Wildman–Crippen MR) is 300 cm³/mol. The van der Waals surface area contributed by atoms with Gasteiger partial charge in [0, 0.05) is 51.3 Å². The van der Waals surface area contributed by atoms with E-state index in [9.17, 15) is 0 Å². The molecule has 0 radical (unpaired) electrons. The Balaban J connectivity index is 1.15. The second-order valence-corrected chi connectivity index (χ2v) is 23.9. The lowest BCUT2D eigenvalue weighted by Gasteiger charge is -2.30. The van der Waals surface area contributed by atoms with Crippen molar-refractivity contribution in [2.75, 3.05) is 16.5 Å². The molecule has 0 saturated carbocycles. The topological polar surface area (TPSA) is 33.5 Å². The molecule has 0 fully saturated rings. The summed E-state index contributed by atoms with van der Waals surface area (Å²) in [5.41, 5.74) is 14.7. The molecule has 9 aromatic rings. The average molecular weight is 935 g/mol. The molecule has 0 saturated heterocycles. The molecule has 2 aromatic heterocycles. The summed E-state index contributed by atoms with van der Waals surface area (Å²) in [5, 5.41) is 2.43. The zero-order valence-electron chi connectivity index (χ0n) is 44.1. The molecule has 1 aliphatic rings.